The van der Waals surface area contributed by atoms with Gasteiger partial charge in [0.25, 0.3) is 20.2 Å². The lowest BCUT2D eigenvalue weighted by atomic mass is 10.4. The number of benzene rings is 2. The average molecular weight is 522 g/mol. The summed E-state index contributed by atoms with van der Waals surface area (Å²) in [5, 5.41) is 15.2. The first-order valence-corrected chi connectivity index (χ1v) is 12.9. The lowest BCUT2D eigenvalue weighted by Crippen LogP contribution is -2.07. The quantitative estimate of drug-likeness (QED) is 0.328. The van der Waals surface area contributed by atoms with Crippen LogP contribution in [0.2, 0.25) is 0 Å². The molecule has 0 aliphatic carbocycles. The molecule has 0 radical (unpaired) electrons. The van der Waals surface area contributed by atoms with E-state index in [1.54, 1.807) is 43.4 Å². The lowest BCUT2D eigenvalue weighted by Gasteiger charge is -1.99. The molecule has 15 heteroatoms. The standard InChI is InChI=1S/C8H11N7.2C6H6O3S/c1-14-6-4-9-3-5(6)10-8(14)7-11-13-15(2)12-7;2*7-10(8,9)6-4-2-1-3-5-6/h9H,3-4H2,1-2H3;2*1-5H,(H,7,8,9). The van der Waals surface area contributed by atoms with E-state index in [2.05, 4.69) is 25.7 Å². The van der Waals surface area contributed by atoms with Gasteiger partial charge >= 0.3 is 0 Å². The van der Waals surface area contributed by atoms with Crippen molar-refractivity contribution in [1.82, 2.24) is 35.1 Å². The van der Waals surface area contributed by atoms with Crippen molar-refractivity contribution in [2.45, 2.75) is 22.9 Å². The summed E-state index contributed by atoms with van der Waals surface area (Å²) >= 11 is 0. The van der Waals surface area contributed by atoms with Gasteiger partial charge in [-0.1, -0.05) is 36.4 Å². The summed E-state index contributed by atoms with van der Waals surface area (Å²) in [6.45, 7) is 1.68. The van der Waals surface area contributed by atoms with Crippen LogP contribution in [-0.4, -0.2) is 55.7 Å². The van der Waals surface area contributed by atoms with Crippen LogP contribution in [0.15, 0.2) is 70.5 Å². The van der Waals surface area contributed by atoms with E-state index in [4.69, 9.17) is 9.11 Å². The second-order valence-corrected chi connectivity index (χ2v) is 10.0. The molecule has 35 heavy (non-hydrogen) atoms. The van der Waals surface area contributed by atoms with E-state index in [1.165, 1.54) is 34.8 Å². The molecule has 2 aromatic heterocycles. The van der Waals surface area contributed by atoms with Crippen molar-refractivity contribution in [3.05, 3.63) is 72.1 Å². The largest absolute Gasteiger partial charge is 0.327 e. The molecule has 4 aromatic rings. The zero-order valence-electron chi connectivity index (χ0n) is 18.7. The van der Waals surface area contributed by atoms with Crippen molar-refractivity contribution >= 4 is 20.2 Å². The Morgan fingerprint density at radius 2 is 1.34 bits per heavy atom. The van der Waals surface area contributed by atoms with Crippen LogP contribution in [-0.2, 0) is 47.4 Å². The molecule has 0 saturated carbocycles. The maximum absolute atomic E-state index is 10.4. The number of imidazole rings is 1. The van der Waals surface area contributed by atoms with Crippen LogP contribution >= 0.6 is 0 Å². The highest BCUT2D eigenvalue weighted by Crippen LogP contribution is 2.20. The topological polar surface area (TPSA) is 182 Å². The number of tetrazole rings is 1. The predicted octanol–water partition coefficient (Wildman–Crippen LogP) is 1.08. The molecule has 0 saturated heterocycles. The Labute approximate surface area is 201 Å². The minimum absolute atomic E-state index is 0.0741. The first kappa shape index (κ1) is 26.1. The van der Waals surface area contributed by atoms with Crippen LogP contribution in [0, 0.1) is 0 Å². The normalized spacial score (nSPS) is 12.7. The highest BCUT2D eigenvalue weighted by Gasteiger charge is 2.21. The molecule has 0 atom stereocenters. The fourth-order valence-electron chi connectivity index (χ4n) is 3.01. The van der Waals surface area contributed by atoms with Gasteiger partial charge in [-0.3, -0.25) is 9.11 Å². The van der Waals surface area contributed by atoms with Crippen LogP contribution in [0.3, 0.4) is 0 Å². The molecule has 5 rings (SSSR count). The fourth-order valence-corrected chi connectivity index (χ4v) is 4.01. The number of rotatable bonds is 3. The van der Waals surface area contributed by atoms with E-state index in [-0.39, 0.29) is 9.79 Å². The van der Waals surface area contributed by atoms with Gasteiger partial charge in [0, 0.05) is 20.1 Å². The van der Waals surface area contributed by atoms with E-state index in [0.29, 0.717) is 5.82 Å². The number of fused-ring (bicyclic) bond motifs is 1. The Balaban J connectivity index is 0.000000153. The van der Waals surface area contributed by atoms with Crippen LogP contribution in [0.4, 0.5) is 0 Å². The summed E-state index contributed by atoms with van der Waals surface area (Å²) in [6, 6.07) is 14.8. The van der Waals surface area contributed by atoms with Gasteiger partial charge in [0.2, 0.25) is 5.82 Å². The van der Waals surface area contributed by atoms with Gasteiger partial charge in [-0.15, -0.1) is 10.2 Å². The maximum Gasteiger partial charge on any atom is 0.294 e. The van der Waals surface area contributed by atoms with Gasteiger partial charge in [-0.25, -0.2) is 4.98 Å². The molecule has 1 aliphatic rings. The molecule has 13 nitrogen and oxygen atoms in total. The molecule has 2 aromatic carbocycles. The van der Waals surface area contributed by atoms with Gasteiger partial charge in [0.05, 0.1) is 28.2 Å². The van der Waals surface area contributed by atoms with E-state index in [1.807, 2.05) is 11.6 Å². The highest BCUT2D eigenvalue weighted by atomic mass is 32.2. The molecule has 3 heterocycles. The van der Waals surface area contributed by atoms with E-state index < -0.39 is 20.2 Å². The number of aromatic nitrogens is 6. The predicted molar refractivity (Wildman–Crippen MR) is 124 cm³/mol. The smallest absolute Gasteiger partial charge is 0.294 e. The Hall–Kier alpha value is -3.50. The van der Waals surface area contributed by atoms with Crippen molar-refractivity contribution in [3.63, 3.8) is 0 Å². The van der Waals surface area contributed by atoms with E-state index in [9.17, 15) is 16.8 Å². The number of nitrogens with zero attached hydrogens (tertiary/aromatic N) is 6. The molecule has 0 bridgehead atoms. The first-order chi connectivity index (χ1) is 16.5. The third kappa shape index (κ3) is 7.00. The van der Waals surface area contributed by atoms with Gasteiger partial charge in [-0.2, -0.15) is 21.6 Å². The minimum Gasteiger partial charge on any atom is -0.327 e. The molecule has 0 spiro atoms. The first-order valence-electron chi connectivity index (χ1n) is 10.0. The average Bonchev–Trinajstić information content (AvgIpc) is 3.53. The Morgan fingerprint density at radius 1 is 0.829 bits per heavy atom. The summed E-state index contributed by atoms with van der Waals surface area (Å²) in [5.74, 6) is 1.36. The third-order valence-electron chi connectivity index (χ3n) is 4.67. The number of hydrogen-bond donors (Lipinski definition) is 3. The Morgan fingerprint density at radius 3 is 1.71 bits per heavy atom. The van der Waals surface area contributed by atoms with Crippen molar-refractivity contribution in [2.75, 3.05) is 0 Å². The molecule has 186 valence electrons. The van der Waals surface area contributed by atoms with Gasteiger partial charge in [-0.05, 0) is 29.5 Å². The lowest BCUT2D eigenvalue weighted by molar-refractivity contribution is 0.481. The van der Waals surface area contributed by atoms with Crippen molar-refractivity contribution in [3.8, 4) is 11.6 Å². The highest BCUT2D eigenvalue weighted by molar-refractivity contribution is 7.86. The molecule has 0 fully saturated rings. The van der Waals surface area contributed by atoms with Gasteiger partial charge in [0.1, 0.15) is 0 Å². The van der Waals surface area contributed by atoms with Crippen LogP contribution in [0.5, 0.6) is 0 Å². The van der Waals surface area contributed by atoms with E-state index in [0.717, 1.165) is 24.6 Å². The third-order valence-corrected chi connectivity index (χ3v) is 6.41. The maximum atomic E-state index is 10.4. The summed E-state index contributed by atoms with van der Waals surface area (Å²) in [4.78, 5) is 5.79. The van der Waals surface area contributed by atoms with Gasteiger partial charge in [0.15, 0.2) is 5.82 Å². The summed E-state index contributed by atoms with van der Waals surface area (Å²) < 4.78 is 60.5. The summed E-state index contributed by atoms with van der Waals surface area (Å²) in [5.41, 5.74) is 2.29. The Bertz CT molecular complexity index is 1420. The molecular weight excluding hydrogens is 498 g/mol. The SMILES string of the molecule is Cn1nnc(-c2nc3c(n2C)CNC3)n1.O=S(=O)(O)c1ccccc1.O=S(=O)(O)c1ccccc1. The second kappa shape index (κ2) is 10.8. The number of nitrogens with one attached hydrogen (secondary N) is 1. The zero-order valence-corrected chi connectivity index (χ0v) is 20.3. The molecule has 0 unspecified atom stereocenters. The van der Waals surface area contributed by atoms with Crippen LogP contribution < -0.4 is 5.32 Å². The van der Waals surface area contributed by atoms with Crippen molar-refractivity contribution in [2.24, 2.45) is 14.1 Å². The van der Waals surface area contributed by atoms with E-state index >= 15 is 0 Å². The monoisotopic (exact) mass is 521 g/mol. The van der Waals surface area contributed by atoms with Crippen molar-refractivity contribution < 1.29 is 25.9 Å². The molecule has 3 N–H and O–H groups in total. The number of aryl methyl sites for hydroxylation is 1. The Kier molecular flexibility index (Phi) is 8.08. The molecule has 0 amide bonds. The summed E-state index contributed by atoms with van der Waals surface area (Å²) in [6.07, 6.45) is 0. The second-order valence-electron chi connectivity index (χ2n) is 7.17. The van der Waals surface area contributed by atoms with Crippen molar-refractivity contribution in [1.29, 1.82) is 0 Å². The zero-order chi connectivity index (χ0) is 25.6. The molecule has 1 aliphatic heterocycles. The van der Waals surface area contributed by atoms with Crippen LogP contribution in [0.1, 0.15) is 11.4 Å². The number of hydrogen-bond acceptors (Lipinski definition) is 9. The summed E-state index contributed by atoms with van der Waals surface area (Å²) in [7, 11) is -4.28. The van der Waals surface area contributed by atoms with Gasteiger partial charge < -0.3 is 9.88 Å². The van der Waals surface area contributed by atoms with Crippen LogP contribution in [0.25, 0.3) is 11.6 Å². The minimum atomic E-state index is -4.00. The molecular formula is C20H23N7O6S2. The fraction of sp³-hybridized carbons (Fsp3) is 0.200.